The quantitative estimate of drug-likeness (QED) is 0.896. The van der Waals surface area contributed by atoms with Crippen LogP contribution in [0.25, 0.3) is 11.0 Å². The zero-order chi connectivity index (χ0) is 15.3. The van der Waals surface area contributed by atoms with Gasteiger partial charge in [-0.25, -0.2) is 4.79 Å². The van der Waals surface area contributed by atoms with Crippen LogP contribution in [0.15, 0.2) is 22.6 Å². The highest BCUT2D eigenvalue weighted by atomic mass is 16.4. The fourth-order valence-corrected chi connectivity index (χ4v) is 1.87. The van der Waals surface area contributed by atoms with Gasteiger partial charge in [-0.3, -0.25) is 4.79 Å². The van der Waals surface area contributed by atoms with E-state index in [-0.39, 0.29) is 11.7 Å². The summed E-state index contributed by atoms with van der Waals surface area (Å²) in [6.45, 7) is 7.36. The SMILES string of the molecule is CC.CCc1cc(NC(C)=O)cc2cc(C(=O)O)oc12. The van der Waals surface area contributed by atoms with Crippen molar-refractivity contribution in [3.05, 3.63) is 29.5 Å². The van der Waals surface area contributed by atoms with Crippen molar-refractivity contribution in [2.75, 3.05) is 5.32 Å². The number of anilines is 1. The topological polar surface area (TPSA) is 79.5 Å². The van der Waals surface area contributed by atoms with Crippen LogP contribution in [0.1, 0.15) is 43.8 Å². The molecule has 1 heterocycles. The van der Waals surface area contributed by atoms with E-state index in [1.54, 1.807) is 12.1 Å². The lowest BCUT2D eigenvalue weighted by atomic mass is 10.1. The number of amides is 1. The van der Waals surface area contributed by atoms with Gasteiger partial charge in [-0.05, 0) is 30.2 Å². The first kappa shape index (κ1) is 15.8. The molecule has 0 radical (unpaired) electrons. The highest BCUT2D eigenvalue weighted by Gasteiger charge is 2.14. The van der Waals surface area contributed by atoms with Crippen molar-refractivity contribution in [1.82, 2.24) is 0 Å². The van der Waals surface area contributed by atoms with Crippen molar-refractivity contribution in [2.45, 2.75) is 34.1 Å². The Morgan fingerprint density at radius 2 is 1.90 bits per heavy atom. The molecular formula is C15H19NO4. The van der Waals surface area contributed by atoms with Gasteiger partial charge in [-0.15, -0.1) is 0 Å². The number of carboxylic acid groups (broad SMARTS) is 1. The lowest BCUT2D eigenvalue weighted by Crippen LogP contribution is -2.05. The monoisotopic (exact) mass is 277 g/mol. The molecule has 0 aliphatic heterocycles. The Morgan fingerprint density at radius 1 is 1.25 bits per heavy atom. The predicted octanol–water partition coefficient (Wildman–Crippen LogP) is 3.68. The van der Waals surface area contributed by atoms with Crippen LogP contribution >= 0.6 is 0 Å². The van der Waals surface area contributed by atoms with E-state index in [9.17, 15) is 9.59 Å². The van der Waals surface area contributed by atoms with E-state index in [2.05, 4.69) is 5.32 Å². The van der Waals surface area contributed by atoms with Crippen LogP contribution in [0.2, 0.25) is 0 Å². The van der Waals surface area contributed by atoms with Crippen LogP contribution < -0.4 is 5.32 Å². The van der Waals surface area contributed by atoms with Gasteiger partial charge in [-0.2, -0.15) is 0 Å². The number of fused-ring (bicyclic) bond motifs is 1. The largest absolute Gasteiger partial charge is 0.475 e. The molecule has 1 aromatic heterocycles. The van der Waals surface area contributed by atoms with Crippen LogP contribution in [0.5, 0.6) is 0 Å². The molecule has 20 heavy (non-hydrogen) atoms. The molecule has 108 valence electrons. The number of aryl methyl sites for hydroxylation is 1. The molecule has 1 aromatic carbocycles. The van der Waals surface area contributed by atoms with Crippen molar-refractivity contribution < 1.29 is 19.1 Å². The Hall–Kier alpha value is -2.30. The second kappa shape index (κ2) is 6.75. The third-order valence-corrected chi connectivity index (χ3v) is 2.61. The zero-order valence-electron chi connectivity index (χ0n) is 12.1. The fourth-order valence-electron chi connectivity index (χ4n) is 1.87. The summed E-state index contributed by atoms with van der Waals surface area (Å²) in [6.07, 6.45) is 0.691. The molecule has 0 saturated carbocycles. The number of carboxylic acids is 1. The van der Waals surface area contributed by atoms with Crippen LogP contribution in [0.4, 0.5) is 5.69 Å². The Kier molecular flexibility index (Phi) is 5.32. The smallest absolute Gasteiger partial charge is 0.371 e. The van der Waals surface area contributed by atoms with Crippen LogP contribution in [0.3, 0.4) is 0 Å². The minimum Gasteiger partial charge on any atom is -0.475 e. The summed E-state index contributed by atoms with van der Waals surface area (Å²) in [7, 11) is 0. The molecule has 0 bridgehead atoms. The summed E-state index contributed by atoms with van der Waals surface area (Å²) >= 11 is 0. The van der Waals surface area contributed by atoms with Gasteiger partial charge in [0.1, 0.15) is 5.58 Å². The van der Waals surface area contributed by atoms with Crippen molar-refractivity contribution in [3.8, 4) is 0 Å². The Bertz CT molecular complexity index is 628. The third kappa shape index (κ3) is 3.38. The average molecular weight is 277 g/mol. The van der Waals surface area contributed by atoms with E-state index in [0.29, 0.717) is 23.1 Å². The van der Waals surface area contributed by atoms with Gasteiger partial charge in [0.05, 0.1) is 0 Å². The zero-order valence-corrected chi connectivity index (χ0v) is 12.1. The molecule has 0 aliphatic carbocycles. The maximum Gasteiger partial charge on any atom is 0.371 e. The lowest BCUT2D eigenvalue weighted by molar-refractivity contribution is -0.114. The molecule has 5 heteroatoms. The average Bonchev–Trinajstić information content (AvgIpc) is 2.83. The van der Waals surface area contributed by atoms with Crippen molar-refractivity contribution in [3.63, 3.8) is 0 Å². The highest BCUT2D eigenvalue weighted by molar-refractivity contribution is 5.96. The van der Waals surface area contributed by atoms with Crippen molar-refractivity contribution in [1.29, 1.82) is 0 Å². The maximum absolute atomic E-state index is 11.0. The molecule has 5 nitrogen and oxygen atoms in total. The van der Waals surface area contributed by atoms with Gasteiger partial charge in [-0.1, -0.05) is 20.8 Å². The number of carbonyl (C=O) groups excluding carboxylic acids is 1. The van der Waals surface area contributed by atoms with Gasteiger partial charge in [0.2, 0.25) is 11.7 Å². The molecule has 0 atom stereocenters. The van der Waals surface area contributed by atoms with E-state index in [4.69, 9.17) is 9.52 Å². The van der Waals surface area contributed by atoms with Gasteiger partial charge < -0.3 is 14.8 Å². The van der Waals surface area contributed by atoms with E-state index in [0.717, 1.165) is 5.56 Å². The molecule has 2 N–H and O–H groups in total. The molecule has 0 saturated heterocycles. The number of benzene rings is 1. The Morgan fingerprint density at radius 3 is 2.40 bits per heavy atom. The number of rotatable bonds is 3. The number of hydrogen-bond donors (Lipinski definition) is 2. The minimum absolute atomic E-state index is 0.0975. The molecule has 0 spiro atoms. The molecule has 0 fully saturated rings. The number of hydrogen-bond acceptors (Lipinski definition) is 3. The minimum atomic E-state index is -1.10. The summed E-state index contributed by atoms with van der Waals surface area (Å²) < 4.78 is 5.30. The maximum atomic E-state index is 11.0. The standard InChI is InChI=1S/C13H13NO4.C2H6/c1-3-8-4-10(14-7(2)15)5-9-6-11(13(16)17)18-12(8)9;1-2/h4-6H,3H2,1-2H3,(H,14,15)(H,16,17);1-2H3. The number of furan rings is 1. The van der Waals surface area contributed by atoms with Gasteiger partial charge in [0.15, 0.2) is 0 Å². The first-order valence-corrected chi connectivity index (χ1v) is 6.58. The fraction of sp³-hybridized carbons (Fsp3) is 0.333. The second-order valence-corrected chi connectivity index (χ2v) is 4.00. The summed E-state index contributed by atoms with van der Waals surface area (Å²) in [6, 6.07) is 4.95. The van der Waals surface area contributed by atoms with Crippen LogP contribution in [-0.2, 0) is 11.2 Å². The predicted molar refractivity (Wildman–Crippen MR) is 78.2 cm³/mol. The number of carbonyl (C=O) groups is 2. The van der Waals surface area contributed by atoms with E-state index in [1.165, 1.54) is 13.0 Å². The van der Waals surface area contributed by atoms with E-state index in [1.807, 2.05) is 20.8 Å². The van der Waals surface area contributed by atoms with Gasteiger partial charge >= 0.3 is 5.97 Å². The van der Waals surface area contributed by atoms with Crippen LogP contribution in [0, 0.1) is 0 Å². The molecule has 0 aliphatic rings. The third-order valence-electron chi connectivity index (χ3n) is 2.61. The first-order valence-electron chi connectivity index (χ1n) is 6.58. The van der Waals surface area contributed by atoms with Crippen molar-refractivity contribution in [2.24, 2.45) is 0 Å². The van der Waals surface area contributed by atoms with Gasteiger partial charge in [0, 0.05) is 18.0 Å². The van der Waals surface area contributed by atoms with E-state index >= 15 is 0 Å². The Balaban J connectivity index is 0.000000956. The molecule has 2 aromatic rings. The molecule has 1 amide bonds. The van der Waals surface area contributed by atoms with Gasteiger partial charge in [0.25, 0.3) is 0 Å². The first-order chi connectivity index (χ1) is 9.51. The summed E-state index contributed by atoms with van der Waals surface area (Å²) in [4.78, 5) is 21.9. The normalized spacial score (nSPS) is 9.80. The Labute approximate surface area is 117 Å². The highest BCUT2D eigenvalue weighted by Crippen LogP contribution is 2.27. The molecule has 0 unspecified atom stereocenters. The second-order valence-electron chi connectivity index (χ2n) is 4.00. The summed E-state index contributed by atoms with van der Waals surface area (Å²) in [5.41, 5.74) is 2.07. The van der Waals surface area contributed by atoms with E-state index < -0.39 is 5.97 Å². The summed E-state index contributed by atoms with van der Waals surface area (Å²) in [5, 5.41) is 12.3. The molecular weight excluding hydrogens is 258 g/mol. The summed E-state index contributed by atoms with van der Waals surface area (Å²) in [5.74, 6) is -1.37. The molecule has 2 rings (SSSR count). The number of nitrogens with one attached hydrogen (secondary N) is 1. The van der Waals surface area contributed by atoms with Crippen molar-refractivity contribution >= 4 is 28.5 Å². The van der Waals surface area contributed by atoms with Crippen LogP contribution in [-0.4, -0.2) is 17.0 Å². The number of aromatic carboxylic acids is 1. The lowest BCUT2D eigenvalue weighted by Gasteiger charge is -2.05.